The highest BCUT2D eigenvalue weighted by Crippen LogP contribution is 2.19. The van der Waals surface area contributed by atoms with Gasteiger partial charge in [-0.1, -0.05) is 109 Å². The molecule has 0 spiro atoms. The molecular formula is C25H50NOS+. The first-order valence-corrected chi connectivity index (χ1v) is 13.6. The van der Waals surface area contributed by atoms with Gasteiger partial charge in [-0.2, -0.15) is 0 Å². The molecule has 0 aromatic carbocycles. The van der Waals surface area contributed by atoms with Crippen LogP contribution in [0.1, 0.15) is 122 Å². The lowest BCUT2D eigenvalue weighted by Crippen LogP contribution is -2.42. The van der Waals surface area contributed by atoms with Crippen molar-refractivity contribution in [2.24, 2.45) is 0 Å². The number of quaternary nitrogens is 1. The molecule has 0 unspecified atom stereocenters. The molecule has 28 heavy (non-hydrogen) atoms. The molecule has 0 aliphatic carbocycles. The lowest BCUT2D eigenvalue weighted by molar-refractivity contribution is -0.895. The number of unbranched alkanes of at least 4 members (excludes halogenated alkanes) is 14. The molecule has 0 aromatic rings. The van der Waals surface area contributed by atoms with Gasteiger partial charge in [-0.25, -0.2) is 0 Å². The van der Waals surface area contributed by atoms with Crippen molar-refractivity contribution in [2.75, 3.05) is 32.4 Å². The molecule has 1 rings (SSSR count). The SMILES string of the molecule is CCCCCCCCCCCCCCCCCC(=O)SCC[N+]1(C)CCCC1. The maximum atomic E-state index is 12.0. The molecule has 1 heterocycles. The van der Waals surface area contributed by atoms with Gasteiger partial charge in [0, 0.05) is 19.3 Å². The van der Waals surface area contributed by atoms with E-state index in [-0.39, 0.29) is 0 Å². The van der Waals surface area contributed by atoms with Gasteiger partial charge in [0.25, 0.3) is 0 Å². The summed E-state index contributed by atoms with van der Waals surface area (Å²) in [5, 5.41) is 0.431. The van der Waals surface area contributed by atoms with Crippen molar-refractivity contribution >= 4 is 16.9 Å². The lowest BCUT2D eigenvalue weighted by Gasteiger charge is -2.28. The Balaban J connectivity index is 1.75. The Morgan fingerprint density at radius 2 is 1.14 bits per heavy atom. The minimum Gasteiger partial charge on any atom is -0.325 e. The number of nitrogens with zero attached hydrogens (tertiary/aromatic N) is 1. The van der Waals surface area contributed by atoms with Gasteiger partial charge in [0.15, 0.2) is 5.12 Å². The summed E-state index contributed by atoms with van der Waals surface area (Å²) >= 11 is 1.59. The molecule has 166 valence electrons. The van der Waals surface area contributed by atoms with E-state index >= 15 is 0 Å². The third-order valence-electron chi connectivity index (χ3n) is 6.52. The second kappa shape index (κ2) is 17.8. The number of hydrogen-bond donors (Lipinski definition) is 0. The molecule has 0 saturated carbocycles. The number of carbonyl (C=O) groups excluding carboxylic acids is 1. The lowest BCUT2D eigenvalue weighted by atomic mass is 10.0. The van der Waals surface area contributed by atoms with Crippen molar-refractivity contribution in [3.63, 3.8) is 0 Å². The van der Waals surface area contributed by atoms with Gasteiger partial charge in [-0.05, 0) is 6.42 Å². The summed E-state index contributed by atoms with van der Waals surface area (Å²) in [4.78, 5) is 12.0. The standard InChI is InChI=1S/C25H50NOS/c1-3-4-5-6-7-8-9-10-11-12-13-14-15-16-17-20-25(27)28-24-23-26(2)21-18-19-22-26/h3-24H2,1-2H3/q+1. The molecule has 3 heteroatoms. The van der Waals surface area contributed by atoms with Crippen LogP contribution in [-0.4, -0.2) is 42.0 Å². The van der Waals surface area contributed by atoms with E-state index in [0.717, 1.165) is 18.6 Å². The fourth-order valence-corrected chi connectivity index (χ4v) is 5.46. The Morgan fingerprint density at radius 1 is 0.714 bits per heavy atom. The number of carbonyl (C=O) groups is 1. The largest absolute Gasteiger partial charge is 0.325 e. The quantitative estimate of drug-likeness (QED) is 0.159. The van der Waals surface area contributed by atoms with Crippen molar-refractivity contribution in [3.8, 4) is 0 Å². The number of rotatable bonds is 19. The fourth-order valence-electron chi connectivity index (χ4n) is 4.42. The van der Waals surface area contributed by atoms with Gasteiger partial charge in [0.2, 0.25) is 0 Å². The number of hydrogen-bond acceptors (Lipinski definition) is 2. The van der Waals surface area contributed by atoms with E-state index in [0.29, 0.717) is 5.12 Å². The molecule has 1 fully saturated rings. The van der Waals surface area contributed by atoms with E-state index in [2.05, 4.69) is 14.0 Å². The summed E-state index contributed by atoms with van der Waals surface area (Å²) < 4.78 is 1.19. The van der Waals surface area contributed by atoms with Gasteiger partial charge in [-0.3, -0.25) is 4.79 Å². The molecule has 1 aliphatic heterocycles. The first-order valence-electron chi connectivity index (χ1n) is 12.7. The molecule has 0 atom stereocenters. The zero-order valence-electron chi connectivity index (χ0n) is 19.3. The first-order chi connectivity index (χ1) is 13.7. The van der Waals surface area contributed by atoms with E-state index in [4.69, 9.17) is 0 Å². The van der Waals surface area contributed by atoms with Crippen LogP contribution in [0, 0.1) is 0 Å². The van der Waals surface area contributed by atoms with E-state index in [1.807, 2.05) is 0 Å². The van der Waals surface area contributed by atoms with Crippen molar-refractivity contribution in [1.82, 2.24) is 0 Å². The van der Waals surface area contributed by atoms with Crippen LogP contribution in [0.5, 0.6) is 0 Å². The van der Waals surface area contributed by atoms with Crippen molar-refractivity contribution in [2.45, 2.75) is 122 Å². The second-order valence-electron chi connectivity index (χ2n) is 9.42. The minimum absolute atomic E-state index is 0.431. The highest BCUT2D eigenvalue weighted by molar-refractivity contribution is 8.13. The Kier molecular flexibility index (Phi) is 16.5. The molecule has 0 amide bonds. The molecule has 2 nitrogen and oxygen atoms in total. The van der Waals surface area contributed by atoms with E-state index < -0.39 is 0 Å². The topological polar surface area (TPSA) is 17.1 Å². The Labute approximate surface area is 181 Å². The fraction of sp³-hybridized carbons (Fsp3) is 0.960. The van der Waals surface area contributed by atoms with Crippen LogP contribution < -0.4 is 0 Å². The third kappa shape index (κ3) is 14.9. The summed E-state index contributed by atoms with van der Waals surface area (Å²) in [5.41, 5.74) is 0. The first kappa shape index (κ1) is 26.0. The number of thioether (sulfide) groups is 1. The minimum atomic E-state index is 0.431. The molecule has 1 saturated heterocycles. The molecule has 0 aromatic heterocycles. The van der Waals surface area contributed by atoms with Gasteiger partial charge in [-0.15, -0.1) is 0 Å². The van der Waals surface area contributed by atoms with Crippen molar-refractivity contribution < 1.29 is 9.28 Å². The number of likely N-dealkylation sites (tertiary alicyclic amines) is 1. The van der Waals surface area contributed by atoms with Crippen LogP contribution in [0.25, 0.3) is 0 Å². The highest BCUT2D eigenvalue weighted by Gasteiger charge is 2.26. The predicted octanol–water partition coefficient (Wildman–Crippen LogP) is 7.75. The normalized spacial score (nSPS) is 15.9. The van der Waals surface area contributed by atoms with Crippen molar-refractivity contribution in [3.05, 3.63) is 0 Å². The van der Waals surface area contributed by atoms with Crippen molar-refractivity contribution in [1.29, 1.82) is 0 Å². The van der Waals surface area contributed by atoms with Gasteiger partial charge in [0.05, 0.1) is 32.4 Å². The maximum Gasteiger partial charge on any atom is 0.189 e. The van der Waals surface area contributed by atoms with Gasteiger partial charge in [0.1, 0.15) is 0 Å². The smallest absolute Gasteiger partial charge is 0.189 e. The summed E-state index contributed by atoms with van der Waals surface area (Å²) in [5.74, 6) is 1.02. The van der Waals surface area contributed by atoms with Crippen LogP contribution >= 0.6 is 11.8 Å². The van der Waals surface area contributed by atoms with Crippen LogP contribution in [0.2, 0.25) is 0 Å². The summed E-state index contributed by atoms with van der Waals surface area (Å²) in [6.07, 6.45) is 24.3. The Morgan fingerprint density at radius 3 is 1.61 bits per heavy atom. The average molecular weight is 413 g/mol. The zero-order chi connectivity index (χ0) is 20.3. The second-order valence-corrected chi connectivity index (χ2v) is 10.6. The third-order valence-corrected chi connectivity index (χ3v) is 7.44. The van der Waals surface area contributed by atoms with Crippen LogP contribution in [0.3, 0.4) is 0 Å². The summed E-state index contributed by atoms with van der Waals surface area (Å²) in [6.45, 7) is 6.09. The predicted molar refractivity (Wildman–Crippen MR) is 127 cm³/mol. The van der Waals surface area contributed by atoms with E-state index in [1.54, 1.807) is 11.8 Å². The molecule has 0 radical (unpaired) electrons. The Bertz CT molecular complexity index is 366. The van der Waals surface area contributed by atoms with Crippen LogP contribution in [0.4, 0.5) is 0 Å². The zero-order valence-corrected chi connectivity index (χ0v) is 20.1. The Hall–Kier alpha value is -0.0200. The summed E-state index contributed by atoms with van der Waals surface area (Å²) in [6, 6.07) is 0. The maximum absolute atomic E-state index is 12.0. The van der Waals surface area contributed by atoms with E-state index in [9.17, 15) is 4.79 Å². The molecule has 0 N–H and O–H groups in total. The molecular weight excluding hydrogens is 362 g/mol. The van der Waals surface area contributed by atoms with Gasteiger partial charge >= 0.3 is 0 Å². The average Bonchev–Trinajstić information content (AvgIpc) is 3.11. The molecule has 0 bridgehead atoms. The van der Waals surface area contributed by atoms with Crippen LogP contribution in [0.15, 0.2) is 0 Å². The van der Waals surface area contributed by atoms with Crippen LogP contribution in [-0.2, 0) is 4.79 Å². The van der Waals surface area contributed by atoms with E-state index in [1.165, 1.54) is 127 Å². The molecule has 1 aliphatic rings. The van der Waals surface area contributed by atoms with Gasteiger partial charge < -0.3 is 4.48 Å². The summed E-state index contributed by atoms with van der Waals surface area (Å²) in [7, 11) is 2.35. The monoisotopic (exact) mass is 412 g/mol. The highest BCUT2D eigenvalue weighted by atomic mass is 32.2.